The van der Waals surface area contributed by atoms with Gasteiger partial charge < -0.3 is 34.8 Å². The molecule has 2 bridgehead atoms. The molecule has 0 aromatic carbocycles. The van der Waals surface area contributed by atoms with Crippen molar-refractivity contribution in [3.8, 4) is 0 Å². The van der Waals surface area contributed by atoms with E-state index in [2.05, 4.69) is 37.4 Å². The van der Waals surface area contributed by atoms with Crippen LogP contribution >= 0.6 is 0 Å². The number of aliphatic hydroxyl groups is 3. The van der Waals surface area contributed by atoms with Gasteiger partial charge in [-0.3, -0.25) is 9.59 Å². The van der Waals surface area contributed by atoms with Crippen molar-refractivity contribution < 1.29 is 43.9 Å². The highest BCUT2D eigenvalue weighted by Gasteiger charge is 2.63. The third-order valence-electron chi connectivity index (χ3n) is 13.8. The number of aliphatic hydroxyl groups excluding tert-OH is 2. The van der Waals surface area contributed by atoms with E-state index in [9.17, 15) is 29.7 Å². The summed E-state index contributed by atoms with van der Waals surface area (Å²) in [6.07, 6.45) is 11.5. The van der Waals surface area contributed by atoms with Crippen molar-refractivity contribution in [1.29, 1.82) is 0 Å². The summed E-state index contributed by atoms with van der Waals surface area (Å²) in [6.45, 7) is 19.1. The molecule has 2 aliphatic heterocycles. The van der Waals surface area contributed by atoms with Gasteiger partial charge in [0.15, 0.2) is 11.9 Å². The number of allylic oxidation sites excluding steroid dienone is 4. The van der Waals surface area contributed by atoms with Gasteiger partial charge in [-0.05, 0) is 69.8 Å². The van der Waals surface area contributed by atoms with Gasteiger partial charge in [0.1, 0.15) is 11.3 Å². The molecule has 53 heavy (non-hydrogen) atoms. The van der Waals surface area contributed by atoms with E-state index < -0.39 is 70.8 Å². The molecule has 10 nitrogen and oxygen atoms in total. The molecule has 10 heteroatoms. The number of hydrogen-bond acceptors (Lipinski definition) is 9. The lowest BCUT2D eigenvalue weighted by molar-refractivity contribution is -0.256. The first-order chi connectivity index (χ1) is 24.8. The van der Waals surface area contributed by atoms with Gasteiger partial charge in [0.05, 0.1) is 30.0 Å². The van der Waals surface area contributed by atoms with Gasteiger partial charge in [0.2, 0.25) is 11.7 Å². The Bertz CT molecular complexity index is 1660. The minimum absolute atomic E-state index is 0.0139. The van der Waals surface area contributed by atoms with Crippen LogP contribution in [-0.4, -0.2) is 74.8 Å². The topological polar surface area (TPSA) is 152 Å². The standard InChI is InChI=1S/C43H61NO9/c1-11-28-12-13-29-18-25(6)36(52-32-20-41(9,50)37(26(7)51-32)44-27(8)45)24(5)16-21(2)31-15-14-30-34(22(3)17-23(4)35(30)46)42(31,10)38(47)33-39(48)43(29,19-28)53-40(33)49/h12-16,18,22-24,26,28-32,34-37,46-47,50H,11,17,19-20H2,1-10H3,(H,44,45)/b21-16+,25-18+,38-33+. The Hall–Kier alpha value is -3.05. The highest BCUT2D eigenvalue weighted by atomic mass is 16.7. The van der Waals surface area contributed by atoms with Crippen LogP contribution < -0.4 is 5.32 Å². The Morgan fingerprint density at radius 2 is 1.70 bits per heavy atom. The molecule has 1 saturated carbocycles. The Balaban J connectivity index is 1.52. The summed E-state index contributed by atoms with van der Waals surface area (Å²) in [4.78, 5) is 41.1. The molecular formula is C43H61NO9. The van der Waals surface area contributed by atoms with Crippen LogP contribution in [0.2, 0.25) is 0 Å². The lowest BCUT2D eigenvalue weighted by Gasteiger charge is -2.55. The molecule has 4 N–H and O–H groups in total. The van der Waals surface area contributed by atoms with Crippen LogP contribution in [0.15, 0.2) is 58.9 Å². The maximum Gasteiger partial charge on any atom is 0.346 e. The van der Waals surface area contributed by atoms with Crippen LogP contribution in [0.3, 0.4) is 0 Å². The average Bonchev–Trinajstić information content (AvgIpc) is 3.31. The quantitative estimate of drug-likeness (QED) is 0.154. The minimum Gasteiger partial charge on any atom is -0.511 e. The molecule has 1 amide bonds. The second kappa shape index (κ2) is 14.2. The first-order valence-electron chi connectivity index (χ1n) is 19.7. The van der Waals surface area contributed by atoms with E-state index in [-0.39, 0.29) is 65.6 Å². The molecule has 1 spiro atoms. The van der Waals surface area contributed by atoms with Crippen molar-refractivity contribution in [2.45, 2.75) is 137 Å². The predicted molar refractivity (Wildman–Crippen MR) is 200 cm³/mol. The minimum atomic E-state index is -1.55. The van der Waals surface area contributed by atoms with Crippen LogP contribution in [0, 0.1) is 52.8 Å². The second-order valence-corrected chi connectivity index (χ2v) is 17.8. The summed E-state index contributed by atoms with van der Waals surface area (Å²) in [5.74, 6) is -3.58. The van der Waals surface area contributed by atoms with E-state index in [1.54, 1.807) is 13.8 Å². The van der Waals surface area contributed by atoms with Crippen LogP contribution in [-0.2, 0) is 28.6 Å². The van der Waals surface area contributed by atoms with Crippen molar-refractivity contribution in [3.63, 3.8) is 0 Å². The largest absolute Gasteiger partial charge is 0.511 e. The number of carbonyl (C=O) groups is 3. The van der Waals surface area contributed by atoms with Crippen molar-refractivity contribution in [2.75, 3.05) is 0 Å². The first-order valence-corrected chi connectivity index (χ1v) is 19.7. The smallest absolute Gasteiger partial charge is 0.346 e. The molecule has 0 aromatic rings. The third-order valence-corrected chi connectivity index (χ3v) is 13.8. The highest BCUT2D eigenvalue weighted by molar-refractivity contribution is 6.26. The van der Waals surface area contributed by atoms with E-state index in [4.69, 9.17) is 14.2 Å². The normalized spacial score (nSPS) is 50.5. The fourth-order valence-corrected chi connectivity index (χ4v) is 11.2. The zero-order valence-electron chi connectivity index (χ0n) is 33.1. The molecule has 6 rings (SSSR count). The van der Waals surface area contributed by atoms with Crippen LogP contribution in [0.5, 0.6) is 0 Å². The molecule has 2 saturated heterocycles. The lowest BCUT2D eigenvalue weighted by Crippen LogP contribution is -2.62. The Labute approximate surface area is 314 Å². The summed E-state index contributed by atoms with van der Waals surface area (Å²) in [5, 5.41) is 38.5. The SMILES string of the molecule is CCC1C=CC2/C=C(\C)C(OC3CC(C)(O)C(NC(C)=O)C(C)O3)C(C)/C=C(\C)C3C=CC4C(O)C(C)CC(C)C4C3(C)/C(O)=C3\C(=O)OC2(C1)C3=O. The summed E-state index contributed by atoms with van der Waals surface area (Å²) in [7, 11) is 0. The van der Waals surface area contributed by atoms with E-state index in [1.807, 2.05) is 52.8 Å². The molecule has 292 valence electrons. The van der Waals surface area contributed by atoms with Gasteiger partial charge in [0, 0.05) is 48.9 Å². The maximum atomic E-state index is 15.0. The van der Waals surface area contributed by atoms with Gasteiger partial charge in [-0.25, -0.2) is 4.79 Å². The van der Waals surface area contributed by atoms with E-state index in [0.29, 0.717) is 0 Å². The van der Waals surface area contributed by atoms with Crippen molar-refractivity contribution >= 4 is 17.7 Å². The van der Waals surface area contributed by atoms with E-state index >= 15 is 0 Å². The third kappa shape index (κ3) is 6.59. The summed E-state index contributed by atoms with van der Waals surface area (Å²) >= 11 is 0. The highest BCUT2D eigenvalue weighted by Crippen LogP contribution is 2.60. The molecule has 2 heterocycles. The van der Waals surface area contributed by atoms with Crippen LogP contribution in [0.25, 0.3) is 0 Å². The number of esters is 1. The second-order valence-electron chi connectivity index (χ2n) is 17.8. The fraction of sp³-hybridized carbons (Fsp3) is 0.698. The molecule has 3 fully saturated rings. The number of nitrogens with one attached hydrogen (secondary N) is 1. The monoisotopic (exact) mass is 735 g/mol. The van der Waals surface area contributed by atoms with Gasteiger partial charge in [-0.1, -0.05) is 76.6 Å². The van der Waals surface area contributed by atoms with Crippen molar-refractivity contribution in [1.82, 2.24) is 5.32 Å². The fourth-order valence-electron chi connectivity index (χ4n) is 11.2. The van der Waals surface area contributed by atoms with Crippen LogP contribution in [0.1, 0.15) is 94.9 Å². The molecule has 16 atom stereocenters. The Morgan fingerprint density at radius 3 is 2.34 bits per heavy atom. The molecule has 4 aliphatic carbocycles. The van der Waals surface area contributed by atoms with Gasteiger partial charge in [0.25, 0.3) is 0 Å². The number of rotatable bonds is 4. The molecule has 16 unspecified atom stereocenters. The molecule has 6 aliphatic rings. The number of Topliss-reactive ketones (excluding diaryl/α,β-unsaturated/α-hetero) is 1. The summed E-state index contributed by atoms with van der Waals surface area (Å²) in [5.41, 5.74) is -2.53. The number of amides is 1. The number of hydrogen-bond donors (Lipinski definition) is 4. The average molecular weight is 736 g/mol. The lowest BCUT2D eigenvalue weighted by atomic mass is 9.49. The Kier molecular flexibility index (Phi) is 10.6. The van der Waals surface area contributed by atoms with Crippen molar-refractivity contribution in [3.05, 3.63) is 58.9 Å². The van der Waals surface area contributed by atoms with E-state index in [0.717, 1.165) is 24.0 Å². The molecular weight excluding hydrogens is 674 g/mol. The van der Waals surface area contributed by atoms with Gasteiger partial charge in [-0.15, -0.1) is 0 Å². The van der Waals surface area contributed by atoms with Gasteiger partial charge >= 0.3 is 5.97 Å². The zero-order valence-corrected chi connectivity index (χ0v) is 33.1. The number of ether oxygens (including phenoxy) is 3. The number of ketones is 1. The van der Waals surface area contributed by atoms with Crippen LogP contribution in [0.4, 0.5) is 0 Å². The van der Waals surface area contributed by atoms with E-state index in [1.165, 1.54) is 6.92 Å². The zero-order chi connectivity index (χ0) is 38.9. The van der Waals surface area contributed by atoms with Crippen molar-refractivity contribution in [2.24, 2.45) is 52.8 Å². The maximum absolute atomic E-state index is 15.0. The predicted octanol–water partition coefficient (Wildman–Crippen LogP) is 6.05. The number of fused-ring (bicyclic) bond motifs is 4. The summed E-state index contributed by atoms with van der Waals surface area (Å²) < 4.78 is 19.4. The first kappa shape index (κ1) is 39.6. The summed E-state index contributed by atoms with van der Waals surface area (Å²) in [6, 6.07) is -0.629. The Morgan fingerprint density at radius 1 is 1.00 bits per heavy atom. The molecule has 0 radical (unpaired) electrons. The molecule has 0 aromatic heterocycles. The number of carbonyl (C=O) groups excluding carboxylic acids is 3. The van der Waals surface area contributed by atoms with Gasteiger partial charge in [-0.2, -0.15) is 0 Å².